The Hall–Kier alpha value is -2.82. The van der Waals surface area contributed by atoms with Gasteiger partial charge < -0.3 is 15.4 Å². The van der Waals surface area contributed by atoms with Crippen LogP contribution >= 0.6 is 0 Å². The molecule has 0 aromatic heterocycles. The van der Waals surface area contributed by atoms with E-state index in [9.17, 15) is 9.59 Å². The lowest BCUT2D eigenvalue weighted by Gasteiger charge is -2.30. The summed E-state index contributed by atoms with van der Waals surface area (Å²) in [6.07, 6.45) is 4.24. The average molecular weight is 380 g/mol. The van der Waals surface area contributed by atoms with E-state index in [0.717, 1.165) is 42.6 Å². The van der Waals surface area contributed by atoms with Gasteiger partial charge in [0.1, 0.15) is 5.75 Å². The summed E-state index contributed by atoms with van der Waals surface area (Å²) in [5, 5.41) is 5.56. The number of nitrogens with one attached hydrogen (secondary N) is 2. The molecule has 2 N–H and O–H groups in total. The largest absolute Gasteiger partial charge is 0.497 e. The summed E-state index contributed by atoms with van der Waals surface area (Å²) in [6, 6.07) is 13.8. The average Bonchev–Trinajstić information content (AvgIpc) is 3.15. The number of hydrogen-bond acceptors (Lipinski definition) is 3. The van der Waals surface area contributed by atoms with Crippen molar-refractivity contribution in [1.29, 1.82) is 0 Å². The maximum absolute atomic E-state index is 12.4. The van der Waals surface area contributed by atoms with Crippen molar-refractivity contribution in [3.8, 4) is 5.75 Å². The molecule has 1 saturated carbocycles. The molecule has 0 unspecified atom stereocenters. The van der Waals surface area contributed by atoms with E-state index < -0.39 is 11.8 Å². The number of rotatable bonds is 5. The molecule has 3 rings (SSSR count). The van der Waals surface area contributed by atoms with Crippen LogP contribution < -0.4 is 15.4 Å². The number of methoxy groups -OCH3 is 1. The quantitative estimate of drug-likeness (QED) is 0.774. The molecule has 148 valence electrons. The van der Waals surface area contributed by atoms with Gasteiger partial charge in [-0.3, -0.25) is 9.59 Å². The van der Waals surface area contributed by atoms with E-state index in [4.69, 9.17) is 4.74 Å². The molecule has 0 saturated heterocycles. The number of carbonyl (C=O) groups excluding carboxylic acids is 2. The summed E-state index contributed by atoms with van der Waals surface area (Å²) < 4.78 is 5.25. The Balaban J connectivity index is 1.65. The minimum Gasteiger partial charge on any atom is -0.497 e. The molecule has 2 amide bonds. The second-order valence-electron chi connectivity index (χ2n) is 7.73. The van der Waals surface area contributed by atoms with Crippen molar-refractivity contribution >= 4 is 17.5 Å². The Bertz CT molecular complexity index is 832. The Kier molecular flexibility index (Phi) is 6.02. The van der Waals surface area contributed by atoms with Gasteiger partial charge in [0.2, 0.25) is 0 Å². The third-order valence-electron chi connectivity index (χ3n) is 5.54. The van der Waals surface area contributed by atoms with Crippen LogP contribution in [-0.2, 0) is 15.0 Å². The number of ether oxygens (including phenoxy) is 1. The molecule has 0 radical (unpaired) electrons. The number of hydrogen-bond donors (Lipinski definition) is 2. The second kappa shape index (κ2) is 8.46. The first-order valence-electron chi connectivity index (χ1n) is 9.74. The molecule has 0 spiro atoms. The highest BCUT2D eigenvalue weighted by Crippen LogP contribution is 2.41. The summed E-state index contributed by atoms with van der Waals surface area (Å²) in [7, 11) is 1.65. The van der Waals surface area contributed by atoms with E-state index in [0.29, 0.717) is 12.2 Å². The van der Waals surface area contributed by atoms with E-state index in [2.05, 4.69) is 22.8 Å². The zero-order valence-electron chi connectivity index (χ0n) is 16.8. The highest BCUT2D eigenvalue weighted by molar-refractivity contribution is 6.39. The van der Waals surface area contributed by atoms with Gasteiger partial charge in [-0.2, -0.15) is 0 Å². The first-order chi connectivity index (χ1) is 13.4. The second-order valence-corrected chi connectivity index (χ2v) is 7.73. The van der Waals surface area contributed by atoms with Crippen molar-refractivity contribution in [2.24, 2.45) is 0 Å². The standard InChI is InChI=1S/C23H28N2O3/c1-16-12-17(2)14-19(13-16)25-22(27)21(26)24-15-23(10-4-5-11-23)18-6-8-20(28-3)9-7-18/h6-9,12-14H,4-5,10-11,15H2,1-3H3,(H,24,26)(H,25,27). The topological polar surface area (TPSA) is 67.4 Å². The molecule has 1 aliphatic carbocycles. The van der Waals surface area contributed by atoms with Crippen LogP contribution in [0.2, 0.25) is 0 Å². The van der Waals surface area contributed by atoms with Gasteiger partial charge in [-0.25, -0.2) is 0 Å². The zero-order valence-corrected chi connectivity index (χ0v) is 16.8. The normalized spacial score (nSPS) is 15.1. The lowest BCUT2D eigenvalue weighted by molar-refractivity contribution is -0.136. The van der Waals surface area contributed by atoms with Crippen LogP contribution in [-0.4, -0.2) is 25.5 Å². The highest BCUT2D eigenvalue weighted by Gasteiger charge is 2.36. The van der Waals surface area contributed by atoms with Gasteiger partial charge >= 0.3 is 11.8 Å². The molecule has 0 heterocycles. The van der Waals surface area contributed by atoms with Crippen molar-refractivity contribution < 1.29 is 14.3 Å². The Labute approximate surface area is 166 Å². The van der Waals surface area contributed by atoms with Crippen molar-refractivity contribution in [3.05, 3.63) is 59.2 Å². The molecule has 0 atom stereocenters. The fourth-order valence-corrected chi connectivity index (χ4v) is 4.13. The van der Waals surface area contributed by atoms with Gasteiger partial charge in [0.15, 0.2) is 0 Å². The third kappa shape index (κ3) is 4.53. The number of anilines is 1. The molecular weight excluding hydrogens is 352 g/mol. The molecule has 0 aliphatic heterocycles. The van der Waals surface area contributed by atoms with Gasteiger partial charge in [-0.1, -0.05) is 31.0 Å². The smallest absolute Gasteiger partial charge is 0.313 e. The van der Waals surface area contributed by atoms with Crippen LogP contribution in [0, 0.1) is 13.8 Å². The summed E-state index contributed by atoms with van der Waals surface area (Å²) in [5.41, 5.74) is 3.78. The minimum absolute atomic E-state index is 0.123. The number of benzene rings is 2. The Morgan fingerprint density at radius 2 is 1.57 bits per heavy atom. The van der Waals surface area contributed by atoms with E-state index in [1.165, 1.54) is 5.56 Å². The monoisotopic (exact) mass is 380 g/mol. The molecule has 5 heteroatoms. The zero-order chi connectivity index (χ0) is 20.1. The molecule has 1 aliphatic rings. The van der Waals surface area contributed by atoms with Gasteiger partial charge in [0.05, 0.1) is 7.11 Å². The lowest BCUT2D eigenvalue weighted by atomic mass is 9.78. The minimum atomic E-state index is -0.632. The molecule has 5 nitrogen and oxygen atoms in total. The van der Waals surface area contributed by atoms with Crippen molar-refractivity contribution in [3.63, 3.8) is 0 Å². The fourth-order valence-electron chi connectivity index (χ4n) is 4.13. The number of carbonyl (C=O) groups is 2. The van der Waals surface area contributed by atoms with E-state index in [-0.39, 0.29) is 5.41 Å². The van der Waals surface area contributed by atoms with Gasteiger partial charge in [-0.05, 0) is 67.6 Å². The van der Waals surface area contributed by atoms with Crippen LogP contribution in [0.15, 0.2) is 42.5 Å². The summed E-state index contributed by atoms with van der Waals surface area (Å²) >= 11 is 0. The maximum Gasteiger partial charge on any atom is 0.313 e. The summed E-state index contributed by atoms with van der Waals surface area (Å²) in [6.45, 7) is 4.38. The van der Waals surface area contributed by atoms with Crippen LogP contribution in [0.3, 0.4) is 0 Å². The van der Waals surface area contributed by atoms with E-state index in [1.807, 2.05) is 44.2 Å². The summed E-state index contributed by atoms with van der Waals surface area (Å²) in [4.78, 5) is 24.7. The summed E-state index contributed by atoms with van der Waals surface area (Å²) in [5.74, 6) is -0.416. The molecule has 0 bridgehead atoms. The maximum atomic E-state index is 12.4. The SMILES string of the molecule is COc1ccc(C2(CNC(=O)C(=O)Nc3cc(C)cc(C)c3)CCCC2)cc1. The van der Waals surface area contributed by atoms with Crippen LogP contribution in [0.4, 0.5) is 5.69 Å². The first kappa shape index (κ1) is 19.9. The van der Waals surface area contributed by atoms with E-state index in [1.54, 1.807) is 7.11 Å². The van der Waals surface area contributed by atoms with Crippen LogP contribution in [0.25, 0.3) is 0 Å². The molecule has 2 aromatic carbocycles. The lowest BCUT2D eigenvalue weighted by Crippen LogP contribution is -2.43. The first-order valence-corrected chi connectivity index (χ1v) is 9.74. The molecular formula is C23H28N2O3. The van der Waals surface area contributed by atoms with Crippen LogP contribution in [0.5, 0.6) is 5.75 Å². The Morgan fingerprint density at radius 1 is 0.964 bits per heavy atom. The van der Waals surface area contributed by atoms with Gasteiger partial charge in [0, 0.05) is 17.6 Å². The van der Waals surface area contributed by atoms with Crippen LogP contribution in [0.1, 0.15) is 42.4 Å². The van der Waals surface area contributed by atoms with Crippen molar-refractivity contribution in [1.82, 2.24) is 5.32 Å². The predicted molar refractivity (Wildman–Crippen MR) is 111 cm³/mol. The Morgan fingerprint density at radius 3 is 2.14 bits per heavy atom. The predicted octanol–water partition coefficient (Wildman–Crippen LogP) is 3.88. The molecule has 2 aromatic rings. The van der Waals surface area contributed by atoms with E-state index >= 15 is 0 Å². The van der Waals surface area contributed by atoms with Gasteiger partial charge in [0.25, 0.3) is 0 Å². The number of amides is 2. The molecule has 1 fully saturated rings. The third-order valence-corrected chi connectivity index (χ3v) is 5.54. The van der Waals surface area contributed by atoms with Crippen molar-refractivity contribution in [2.75, 3.05) is 19.0 Å². The highest BCUT2D eigenvalue weighted by atomic mass is 16.5. The van der Waals surface area contributed by atoms with Gasteiger partial charge in [-0.15, -0.1) is 0 Å². The molecule has 28 heavy (non-hydrogen) atoms. The van der Waals surface area contributed by atoms with Crippen molar-refractivity contribution in [2.45, 2.75) is 44.9 Å². The fraction of sp³-hybridized carbons (Fsp3) is 0.391. The number of aryl methyl sites for hydroxylation is 2.